The third-order valence-corrected chi connectivity index (χ3v) is 5.86. The van der Waals surface area contributed by atoms with Crippen molar-refractivity contribution in [2.45, 2.75) is 33.2 Å². The van der Waals surface area contributed by atoms with Crippen LogP contribution in [0.3, 0.4) is 0 Å². The van der Waals surface area contributed by atoms with Crippen molar-refractivity contribution in [2.24, 2.45) is 0 Å². The first-order valence-electron chi connectivity index (χ1n) is 9.45. The van der Waals surface area contributed by atoms with Gasteiger partial charge in [-0.1, -0.05) is 50.2 Å². The van der Waals surface area contributed by atoms with Gasteiger partial charge in [-0.25, -0.2) is 9.37 Å². The molecular weight excluding hydrogens is 371 g/mol. The van der Waals surface area contributed by atoms with Crippen molar-refractivity contribution >= 4 is 21.6 Å². The molecule has 0 saturated carbocycles. The standard InChI is InChI=1S/C23H21FN2OS/c1-3-15-8-10-17(11-9-15)19-14-28-22-21(19)23(27)26(20(4-2)25-22)13-16-6-5-7-18(24)12-16/h5-12,14H,3-4,13H2,1-2H3. The van der Waals surface area contributed by atoms with Crippen LogP contribution in [0.25, 0.3) is 21.3 Å². The fourth-order valence-electron chi connectivity index (χ4n) is 3.45. The summed E-state index contributed by atoms with van der Waals surface area (Å²) >= 11 is 1.50. The van der Waals surface area contributed by atoms with Crippen molar-refractivity contribution in [3.8, 4) is 11.1 Å². The van der Waals surface area contributed by atoms with Gasteiger partial charge in [0.2, 0.25) is 0 Å². The van der Waals surface area contributed by atoms with Crippen LogP contribution in [-0.4, -0.2) is 9.55 Å². The summed E-state index contributed by atoms with van der Waals surface area (Å²) in [5, 5.41) is 2.65. The second kappa shape index (κ2) is 7.68. The van der Waals surface area contributed by atoms with Crippen LogP contribution in [-0.2, 0) is 19.4 Å². The van der Waals surface area contributed by atoms with Crippen LogP contribution in [0, 0.1) is 5.82 Å². The van der Waals surface area contributed by atoms with Crippen molar-refractivity contribution < 1.29 is 4.39 Å². The molecule has 28 heavy (non-hydrogen) atoms. The molecule has 0 unspecified atom stereocenters. The highest BCUT2D eigenvalue weighted by Gasteiger charge is 2.16. The third kappa shape index (κ3) is 3.38. The average Bonchev–Trinajstić information content (AvgIpc) is 3.14. The number of fused-ring (bicyclic) bond motifs is 1. The molecule has 0 aliphatic heterocycles. The van der Waals surface area contributed by atoms with Gasteiger partial charge in [0.1, 0.15) is 16.5 Å². The SMILES string of the molecule is CCc1ccc(-c2csc3nc(CC)n(Cc4cccc(F)c4)c(=O)c23)cc1. The zero-order valence-electron chi connectivity index (χ0n) is 15.9. The van der Waals surface area contributed by atoms with Gasteiger partial charge in [0, 0.05) is 17.4 Å². The van der Waals surface area contributed by atoms with Gasteiger partial charge in [-0.15, -0.1) is 11.3 Å². The molecule has 2 heterocycles. The first kappa shape index (κ1) is 18.6. The fourth-order valence-corrected chi connectivity index (χ4v) is 4.41. The number of aromatic nitrogens is 2. The van der Waals surface area contributed by atoms with Crippen LogP contribution in [0.1, 0.15) is 30.8 Å². The largest absolute Gasteiger partial charge is 0.292 e. The number of hydrogen-bond donors (Lipinski definition) is 0. The minimum absolute atomic E-state index is 0.0677. The molecule has 0 fully saturated rings. The van der Waals surface area contributed by atoms with E-state index in [9.17, 15) is 9.18 Å². The number of aryl methyl sites for hydroxylation is 2. The number of hydrogen-bond acceptors (Lipinski definition) is 3. The summed E-state index contributed by atoms with van der Waals surface area (Å²) in [6.07, 6.45) is 1.62. The predicted molar refractivity (Wildman–Crippen MR) is 114 cm³/mol. The number of nitrogens with zero attached hydrogens (tertiary/aromatic N) is 2. The molecule has 0 amide bonds. The molecule has 2 aromatic carbocycles. The van der Waals surface area contributed by atoms with Gasteiger partial charge in [-0.2, -0.15) is 0 Å². The van der Waals surface area contributed by atoms with E-state index in [0.717, 1.165) is 33.8 Å². The molecule has 5 heteroatoms. The zero-order chi connectivity index (χ0) is 19.7. The van der Waals surface area contributed by atoms with Crippen molar-refractivity contribution in [3.63, 3.8) is 0 Å². The van der Waals surface area contributed by atoms with Crippen LogP contribution >= 0.6 is 11.3 Å². The molecule has 142 valence electrons. The molecule has 0 atom stereocenters. The Kier molecular flexibility index (Phi) is 5.09. The molecule has 0 bridgehead atoms. The second-order valence-corrected chi connectivity index (χ2v) is 7.64. The van der Waals surface area contributed by atoms with Crippen molar-refractivity contribution in [2.75, 3.05) is 0 Å². The van der Waals surface area contributed by atoms with E-state index >= 15 is 0 Å². The minimum atomic E-state index is -0.301. The number of rotatable bonds is 5. The summed E-state index contributed by atoms with van der Waals surface area (Å²) in [7, 11) is 0. The lowest BCUT2D eigenvalue weighted by Crippen LogP contribution is -2.25. The smallest absolute Gasteiger partial charge is 0.263 e. The Morgan fingerprint density at radius 2 is 1.82 bits per heavy atom. The molecule has 0 N–H and O–H groups in total. The minimum Gasteiger partial charge on any atom is -0.292 e. The van der Waals surface area contributed by atoms with Crippen LogP contribution in [0.2, 0.25) is 0 Å². The lowest BCUT2D eigenvalue weighted by Gasteiger charge is -2.12. The van der Waals surface area contributed by atoms with Gasteiger partial charge in [0.15, 0.2) is 0 Å². The summed E-state index contributed by atoms with van der Waals surface area (Å²) in [5.74, 6) is 0.418. The fraction of sp³-hybridized carbons (Fsp3) is 0.217. The van der Waals surface area contributed by atoms with Crippen molar-refractivity contribution in [1.29, 1.82) is 0 Å². The number of thiophene rings is 1. The van der Waals surface area contributed by atoms with Gasteiger partial charge in [-0.3, -0.25) is 9.36 Å². The van der Waals surface area contributed by atoms with Crippen LogP contribution in [0.4, 0.5) is 4.39 Å². The Morgan fingerprint density at radius 1 is 1.04 bits per heavy atom. The lowest BCUT2D eigenvalue weighted by molar-refractivity contribution is 0.620. The Morgan fingerprint density at radius 3 is 2.50 bits per heavy atom. The molecule has 0 aliphatic rings. The highest BCUT2D eigenvalue weighted by atomic mass is 32.1. The van der Waals surface area contributed by atoms with Gasteiger partial charge in [-0.05, 0) is 35.2 Å². The normalized spacial score (nSPS) is 11.2. The van der Waals surface area contributed by atoms with E-state index in [1.165, 1.54) is 29.0 Å². The molecule has 0 saturated heterocycles. The van der Waals surface area contributed by atoms with Gasteiger partial charge in [0.25, 0.3) is 5.56 Å². The predicted octanol–water partition coefficient (Wildman–Crippen LogP) is 5.44. The first-order chi connectivity index (χ1) is 13.6. The zero-order valence-corrected chi connectivity index (χ0v) is 16.7. The van der Waals surface area contributed by atoms with E-state index in [4.69, 9.17) is 4.98 Å². The van der Waals surface area contributed by atoms with Gasteiger partial charge >= 0.3 is 0 Å². The Balaban J connectivity index is 1.87. The quantitative estimate of drug-likeness (QED) is 0.453. The maximum absolute atomic E-state index is 13.6. The molecular formula is C23H21FN2OS. The monoisotopic (exact) mass is 392 g/mol. The van der Waals surface area contributed by atoms with Gasteiger partial charge < -0.3 is 0 Å². The van der Waals surface area contributed by atoms with Crippen LogP contribution < -0.4 is 5.56 Å². The van der Waals surface area contributed by atoms with E-state index in [-0.39, 0.29) is 11.4 Å². The number of benzene rings is 2. The Labute approximate surface area is 167 Å². The molecule has 0 spiro atoms. The third-order valence-electron chi connectivity index (χ3n) is 4.99. The summed E-state index contributed by atoms with van der Waals surface area (Å²) in [6.45, 7) is 4.41. The average molecular weight is 392 g/mol. The van der Waals surface area contributed by atoms with Gasteiger partial charge in [0.05, 0.1) is 11.9 Å². The van der Waals surface area contributed by atoms with Crippen LogP contribution in [0.5, 0.6) is 0 Å². The maximum Gasteiger partial charge on any atom is 0.263 e. The van der Waals surface area contributed by atoms with E-state index < -0.39 is 0 Å². The van der Waals surface area contributed by atoms with Crippen LogP contribution in [0.15, 0.2) is 58.7 Å². The molecule has 2 aromatic heterocycles. The molecule has 3 nitrogen and oxygen atoms in total. The number of halogens is 1. The molecule has 0 radical (unpaired) electrons. The highest BCUT2D eigenvalue weighted by Crippen LogP contribution is 2.31. The maximum atomic E-state index is 13.6. The Bertz CT molecular complexity index is 1190. The topological polar surface area (TPSA) is 34.9 Å². The van der Waals surface area contributed by atoms with Crippen molar-refractivity contribution in [3.05, 3.63) is 87.0 Å². The van der Waals surface area contributed by atoms with E-state index in [2.05, 4.69) is 31.2 Å². The lowest BCUT2D eigenvalue weighted by atomic mass is 10.0. The Hall–Kier alpha value is -2.79. The highest BCUT2D eigenvalue weighted by molar-refractivity contribution is 7.17. The molecule has 4 rings (SSSR count). The summed E-state index contributed by atoms with van der Waals surface area (Å²) in [4.78, 5) is 18.9. The second-order valence-electron chi connectivity index (χ2n) is 6.78. The first-order valence-corrected chi connectivity index (χ1v) is 10.3. The van der Waals surface area contributed by atoms with E-state index in [1.54, 1.807) is 10.6 Å². The molecule has 0 aliphatic carbocycles. The van der Waals surface area contributed by atoms with E-state index in [0.29, 0.717) is 18.4 Å². The summed E-state index contributed by atoms with van der Waals surface area (Å²) in [5.41, 5.74) is 3.88. The van der Waals surface area contributed by atoms with Crippen molar-refractivity contribution in [1.82, 2.24) is 9.55 Å². The summed E-state index contributed by atoms with van der Waals surface area (Å²) in [6, 6.07) is 14.7. The van der Waals surface area contributed by atoms with E-state index in [1.807, 2.05) is 18.4 Å². The summed E-state index contributed by atoms with van der Waals surface area (Å²) < 4.78 is 15.3. The molecule has 4 aromatic rings.